The van der Waals surface area contributed by atoms with Crippen molar-refractivity contribution < 1.29 is 4.74 Å². The smallest absolute Gasteiger partial charge is 0.191 e. The molecule has 2 rings (SSSR count). The fourth-order valence-corrected chi connectivity index (χ4v) is 3.27. The van der Waals surface area contributed by atoms with Gasteiger partial charge >= 0.3 is 0 Å². The van der Waals surface area contributed by atoms with Crippen LogP contribution in [0.4, 0.5) is 5.69 Å². The molecule has 5 heteroatoms. The number of hydrogen-bond donors (Lipinski definition) is 2. The Morgan fingerprint density at radius 3 is 2.60 bits per heavy atom. The van der Waals surface area contributed by atoms with Crippen LogP contribution in [0.2, 0.25) is 0 Å². The van der Waals surface area contributed by atoms with E-state index in [0.29, 0.717) is 5.92 Å². The molecular formula is C20H34N4O. The van der Waals surface area contributed by atoms with Crippen molar-refractivity contribution in [3.8, 4) is 0 Å². The van der Waals surface area contributed by atoms with Crippen molar-refractivity contribution >= 4 is 11.6 Å². The van der Waals surface area contributed by atoms with Gasteiger partial charge in [0.2, 0.25) is 0 Å². The van der Waals surface area contributed by atoms with Gasteiger partial charge in [0.05, 0.1) is 6.10 Å². The van der Waals surface area contributed by atoms with Crippen LogP contribution in [0.15, 0.2) is 35.3 Å². The van der Waals surface area contributed by atoms with Gasteiger partial charge in [0, 0.05) is 46.0 Å². The molecule has 1 aromatic carbocycles. The number of aliphatic imine (C=N–C) groups is 1. The Morgan fingerprint density at radius 2 is 2.00 bits per heavy atom. The monoisotopic (exact) mass is 346 g/mol. The summed E-state index contributed by atoms with van der Waals surface area (Å²) in [6.45, 7) is 10.5. The zero-order valence-corrected chi connectivity index (χ0v) is 16.4. The maximum Gasteiger partial charge on any atom is 0.191 e. The molecule has 0 spiro atoms. The normalized spacial score (nSPS) is 19.8. The van der Waals surface area contributed by atoms with E-state index < -0.39 is 0 Å². The number of benzene rings is 1. The Balaban J connectivity index is 1.76. The highest BCUT2D eigenvalue weighted by Gasteiger charge is 2.25. The van der Waals surface area contributed by atoms with Crippen LogP contribution in [0.25, 0.3) is 0 Å². The number of ether oxygens (including phenoxy) is 1. The first kappa shape index (κ1) is 19.6. The third-order valence-corrected chi connectivity index (χ3v) is 4.89. The summed E-state index contributed by atoms with van der Waals surface area (Å²) in [6, 6.07) is 10.7. The maximum atomic E-state index is 5.60. The molecule has 1 aliphatic heterocycles. The lowest BCUT2D eigenvalue weighted by molar-refractivity contribution is 0.0205. The molecule has 2 atom stereocenters. The summed E-state index contributed by atoms with van der Waals surface area (Å²) in [5.74, 6) is 1.49. The van der Waals surface area contributed by atoms with E-state index in [1.165, 1.54) is 12.1 Å². The lowest BCUT2D eigenvalue weighted by Gasteiger charge is -2.30. The first-order chi connectivity index (χ1) is 11.9. The van der Waals surface area contributed by atoms with Gasteiger partial charge in [-0.15, -0.1) is 0 Å². The Kier molecular flexibility index (Phi) is 7.12. The van der Waals surface area contributed by atoms with Gasteiger partial charge in [-0.25, -0.2) is 0 Å². The second-order valence-corrected chi connectivity index (χ2v) is 7.86. The molecule has 2 N–H and O–H groups in total. The highest BCUT2D eigenvalue weighted by atomic mass is 16.5. The minimum Gasteiger partial charge on any atom is -0.379 e. The van der Waals surface area contributed by atoms with Crippen LogP contribution < -0.4 is 15.5 Å². The van der Waals surface area contributed by atoms with E-state index >= 15 is 0 Å². The average Bonchev–Trinajstić information content (AvgIpc) is 3.06. The van der Waals surface area contributed by atoms with Gasteiger partial charge in [0.15, 0.2) is 5.96 Å². The lowest BCUT2D eigenvalue weighted by Crippen LogP contribution is -2.46. The van der Waals surface area contributed by atoms with Gasteiger partial charge in [-0.1, -0.05) is 39.0 Å². The zero-order chi connectivity index (χ0) is 18.3. The average molecular weight is 347 g/mol. The predicted octanol–water partition coefficient (Wildman–Crippen LogP) is 2.74. The van der Waals surface area contributed by atoms with Gasteiger partial charge in [-0.3, -0.25) is 4.99 Å². The highest BCUT2D eigenvalue weighted by molar-refractivity contribution is 5.79. The minimum atomic E-state index is 0.0994. The molecule has 0 amide bonds. The molecule has 1 aromatic rings. The first-order valence-electron chi connectivity index (χ1n) is 9.21. The van der Waals surface area contributed by atoms with Crippen LogP contribution >= 0.6 is 0 Å². The van der Waals surface area contributed by atoms with E-state index in [1.807, 2.05) is 7.05 Å². The summed E-state index contributed by atoms with van der Waals surface area (Å²) >= 11 is 0. The fraction of sp³-hybridized carbons (Fsp3) is 0.650. The molecule has 0 radical (unpaired) electrons. The molecule has 140 valence electrons. The number of guanidine groups is 1. The third kappa shape index (κ3) is 5.92. The SMILES string of the molecule is CN=C(NCC1CCN(c2ccccc2)C1)NCC(OC)C(C)(C)C. The van der Waals surface area contributed by atoms with Crippen molar-refractivity contribution in [2.45, 2.75) is 33.3 Å². The number of hydrogen-bond acceptors (Lipinski definition) is 3. The van der Waals surface area contributed by atoms with E-state index in [2.05, 4.69) is 71.6 Å². The fourth-order valence-electron chi connectivity index (χ4n) is 3.27. The molecule has 1 fully saturated rings. The Bertz CT molecular complexity index is 538. The first-order valence-corrected chi connectivity index (χ1v) is 9.21. The summed E-state index contributed by atoms with van der Waals surface area (Å²) in [5.41, 5.74) is 1.42. The van der Waals surface area contributed by atoms with Crippen LogP contribution in [0, 0.1) is 11.3 Å². The highest BCUT2D eigenvalue weighted by Crippen LogP contribution is 2.23. The molecule has 1 heterocycles. The van der Waals surface area contributed by atoms with E-state index in [4.69, 9.17) is 4.74 Å². The van der Waals surface area contributed by atoms with E-state index in [9.17, 15) is 0 Å². The van der Waals surface area contributed by atoms with Crippen molar-refractivity contribution in [2.75, 3.05) is 45.2 Å². The number of methoxy groups -OCH3 is 1. The largest absolute Gasteiger partial charge is 0.379 e. The second-order valence-electron chi connectivity index (χ2n) is 7.86. The van der Waals surface area contributed by atoms with E-state index in [1.54, 1.807) is 7.11 Å². The molecule has 25 heavy (non-hydrogen) atoms. The standard InChI is InChI=1S/C20H34N4O/c1-20(2,3)18(25-5)14-23-19(21-4)22-13-16-11-12-24(15-16)17-9-7-6-8-10-17/h6-10,16,18H,11-15H2,1-5H3,(H2,21,22,23). The van der Waals surface area contributed by atoms with E-state index in [0.717, 1.165) is 32.1 Å². The van der Waals surface area contributed by atoms with Crippen LogP contribution in [0.5, 0.6) is 0 Å². The number of rotatable bonds is 6. The lowest BCUT2D eigenvalue weighted by atomic mass is 9.89. The summed E-state index contributed by atoms with van der Waals surface area (Å²) < 4.78 is 5.60. The van der Waals surface area contributed by atoms with Crippen molar-refractivity contribution in [1.29, 1.82) is 0 Å². The van der Waals surface area contributed by atoms with Crippen molar-refractivity contribution in [2.24, 2.45) is 16.3 Å². The quantitative estimate of drug-likeness (QED) is 0.614. The molecule has 5 nitrogen and oxygen atoms in total. The van der Waals surface area contributed by atoms with Gasteiger partial charge in [-0.05, 0) is 29.9 Å². The second kappa shape index (κ2) is 9.09. The van der Waals surface area contributed by atoms with Gasteiger partial charge in [0.1, 0.15) is 0 Å². The molecule has 0 bridgehead atoms. The number of nitrogens with one attached hydrogen (secondary N) is 2. The van der Waals surface area contributed by atoms with Gasteiger partial charge in [0.25, 0.3) is 0 Å². The van der Waals surface area contributed by atoms with Gasteiger partial charge in [-0.2, -0.15) is 0 Å². The number of anilines is 1. The minimum absolute atomic E-state index is 0.0994. The Labute approximate surface area is 152 Å². The van der Waals surface area contributed by atoms with Crippen molar-refractivity contribution in [3.63, 3.8) is 0 Å². The van der Waals surface area contributed by atoms with Gasteiger partial charge < -0.3 is 20.3 Å². The summed E-state index contributed by atoms with van der Waals surface area (Å²) in [4.78, 5) is 6.80. The summed E-state index contributed by atoms with van der Waals surface area (Å²) in [7, 11) is 3.59. The van der Waals surface area contributed by atoms with Crippen LogP contribution in [-0.2, 0) is 4.74 Å². The molecule has 1 saturated heterocycles. The number of nitrogens with zero attached hydrogens (tertiary/aromatic N) is 2. The third-order valence-electron chi connectivity index (χ3n) is 4.89. The molecule has 0 aliphatic carbocycles. The topological polar surface area (TPSA) is 48.9 Å². The molecular weight excluding hydrogens is 312 g/mol. The molecule has 2 unspecified atom stereocenters. The predicted molar refractivity (Wildman–Crippen MR) is 106 cm³/mol. The summed E-state index contributed by atoms with van der Waals surface area (Å²) in [6.07, 6.45) is 1.35. The number of para-hydroxylation sites is 1. The zero-order valence-electron chi connectivity index (χ0n) is 16.4. The van der Waals surface area contributed by atoms with E-state index in [-0.39, 0.29) is 11.5 Å². The van der Waals surface area contributed by atoms with Crippen LogP contribution in [-0.4, -0.2) is 52.4 Å². The molecule has 0 saturated carbocycles. The molecule has 1 aliphatic rings. The maximum absolute atomic E-state index is 5.60. The Hall–Kier alpha value is -1.75. The summed E-state index contributed by atoms with van der Waals surface area (Å²) in [5, 5.41) is 6.87. The van der Waals surface area contributed by atoms with Crippen molar-refractivity contribution in [1.82, 2.24) is 10.6 Å². The van der Waals surface area contributed by atoms with Crippen molar-refractivity contribution in [3.05, 3.63) is 30.3 Å². The molecule has 0 aromatic heterocycles. The van der Waals surface area contributed by atoms with Crippen LogP contribution in [0.3, 0.4) is 0 Å². The van der Waals surface area contributed by atoms with Crippen LogP contribution in [0.1, 0.15) is 27.2 Å². The Morgan fingerprint density at radius 1 is 1.28 bits per heavy atom.